The van der Waals surface area contributed by atoms with Crippen molar-refractivity contribution in [2.75, 3.05) is 13.2 Å². The molecule has 0 aromatic rings. The molecule has 6 unspecified atom stereocenters. The normalized spacial score (nSPS) is 18.3. The van der Waals surface area contributed by atoms with Crippen molar-refractivity contribution in [2.24, 2.45) is 0 Å². The molecule has 1 fully saturated rings. The summed E-state index contributed by atoms with van der Waals surface area (Å²) in [5.41, 5.74) is 0. The Morgan fingerprint density at radius 2 is 0.800 bits per heavy atom. The van der Waals surface area contributed by atoms with Crippen molar-refractivity contribution in [1.29, 1.82) is 0 Å². The second-order valence-electron chi connectivity index (χ2n) is 21.4. The van der Waals surface area contributed by atoms with E-state index in [4.69, 9.17) is 23.7 Å². The molecule has 12 nitrogen and oxygen atoms in total. The van der Waals surface area contributed by atoms with E-state index in [1.54, 1.807) is 0 Å². The fourth-order valence-corrected chi connectivity index (χ4v) is 9.44. The quantitative estimate of drug-likeness (QED) is 0.0228. The van der Waals surface area contributed by atoms with E-state index in [9.17, 15) is 34.5 Å². The number of aliphatic hydroxyl groups excluding tert-OH is 2. The largest absolute Gasteiger partial charge is 0.479 e. The van der Waals surface area contributed by atoms with Crippen LogP contribution in [0.2, 0.25) is 0 Å². The summed E-state index contributed by atoms with van der Waals surface area (Å²) in [6.07, 6.45) is 48.2. The van der Waals surface area contributed by atoms with Gasteiger partial charge in [-0.1, -0.05) is 250 Å². The van der Waals surface area contributed by atoms with Crippen LogP contribution in [0.3, 0.4) is 0 Å². The number of allylic oxidation sites excluding steroid dienone is 6. The molecule has 1 rings (SSSR count). The average Bonchev–Trinajstić information content (AvgIpc) is 3.39. The van der Waals surface area contributed by atoms with Crippen molar-refractivity contribution in [1.82, 2.24) is 0 Å². The Bertz CT molecular complexity index is 1450. The highest BCUT2D eigenvalue weighted by atomic mass is 16.7. The number of ether oxygens (including phenoxy) is 5. The van der Waals surface area contributed by atoms with E-state index >= 15 is 0 Å². The van der Waals surface area contributed by atoms with Gasteiger partial charge >= 0.3 is 23.9 Å². The highest BCUT2D eigenvalue weighted by Crippen LogP contribution is 2.27. The molecule has 0 spiro atoms. The molecule has 0 saturated carbocycles. The van der Waals surface area contributed by atoms with Crippen molar-refractivity contribution in [3.8, 4) is 0 Å². The van der Waals surface area contributed by atoms with Crippen molar-refractivity contribution >= 4 is 23.9 Å². The van der Waals surface area contributed by atoms with Gasteiger partial charge in [-0.3, -0.25) is 14.4 Å². The maximum atomic E-state index is 13.1. The number of aliphatic hydroxyl groups is 2. The second-order valence-corrected chi connectivity index (χ2v) is 21.4. The van der Waals surface area contributed by atoms with Crippen molar-refractivity contribution in [3.05, 3.63) is 36.5 Å². The first-order valence-corrected chi connectivity index (χ1v) is 31.0. The molecule has 12 heteroatoms. The van der Waals surface area contributed by atoms with Crippen LogP contribution in [-0.4, -0.2) is 89.2 Å². The molecule has 0 aromatic heterocycles. The van der Waals surface area contributed by atoms with Gasteiger partial charge in [-0.25, -0.2) is 4.79 Å². The topological polar surface area (TPSA) is 175 Å². The SMILES string of the molecule is CCCCC/C=C\C/C=C\C/C=C\CCCCCCCCC(=O)OCC(COC1OC(C(=O)O)C(O)C(O)C1OC(=O)CCCCCCCCCCCCCCCCC)OC(=O)CCCCCCCCCCCCC. The predicted molar refractivity (Wildman–Crippen MR) is 303 cm³/mol. The number of rotatable bonds is 53. The van der Waals surface area contributed by atoms with Gasteiger partial charge < -0.3 is 39.0 Å². The maximum Gasteiger partial charge on any atom is 0.335 e. The van der Waals surface area contributed by atoms with E-state index < -0.39 is 67.3 Å². The monoisotopic (exact) mass is 1060 g/mol. The van der Waals surface area contributed by atoms with Crippen LogP contribution in [0.5, 0.6) is 0 Å². The first-order valence-electron chi connectivity index (χ1n) is 31.0. The zero-order valence-electron chi connectivity index (χ0n) is 48.1. The Hall–Kier alpha value is -3.06. The van der Waals surface area contributed by atoms with Gasteiger partial charge in [0.2, 0.25) is 0 Å². The Labute approximate surface area is 457 Å². The minimum atomic E-state index is -1.90. The minimum Gasteiger partial charge on any atom is -0.479 e. The van der Waals surface area contributed by atoms with Crippen molar-refractivity contribution in [3.63, 3.8) is 0 Å². The summed E-state index contributed by atoms with van der Waals surface area (Å²) in [7, 11) is 0. The number of carboxylic acid groups (broad SMARTS) is 1. The fraction of sp³-hybridized carbons (Fsp3) is 0.841. The van der Waals surface area contributed by atoms with Crippen LogP contribution in [0.15, 0.2) is 36.5 Å². The summed E-state index contributed by atoms with van der Waals surface area (Å²) < 4.78 is 28.5. The summed E-state index contributed by atoms with van der Waals surface area (Å²) in [6.45, 7) is 5.97. The van der Waals surface area contributed by atoms with E-state index in [1.165, 1.54) is 141 Å². The Morgan fingerprint density at radius 3 is 1.24 bits per heavy atom. The Kier molecular flexibility index (Phi) is 48.2. The second kappa shape index (κ2) is 51.7. The fourth-order valence-electron chi connectivity index (χ4n) is 9.44. The van der Waals surface area contributed by atoms with Gasteiger partial charge in [0.05, 0.1) is 6.61 Å². The molecule has 0 radical (unpaired) electrons. The first kappa shape index (κ1) is 70.0. The lowest BCUT2D eigenvalue weighted by atomic mass is 9.98. The highest BCUT2D eigenvalue weighted by molar-refractivity contribution is 5.74. The van der Waals surface area contributed by atoms with Crippen LogP contribution in [0.4, 0.5) is 0 Å². The molecule has 1 heterocycles. The highest BCUT2D eigenvalue weighted by Gasteiger charge is 2.50. The minimum absolute atomic E-state index is 0.0652. The number of hydrogen-bond donors (Lipinski definition) is 3. The molecule has 0 aliphatic carbocycles. The zero-order chi connectivity index (χ0) is 54.7. The van der Waals surface area contributed by atoms with Gasteiger partial charge in [0.15, 0.2) is 24.6 Å². The molecule has 0 aromatic carbocycles. The van der Waals surface area contributed by atoms with E-state index in [2.05, 4.69) is 57.2 Å². The number of unbranched alkanes of at least 4 members (excludes halogenated alkanes) is 33. The van der Waals surface area contributed by atoms with Gasteiger partial charge in [0.25, 0.3) is 0 Å². The number of esters is 3. The van der Waals surface area contributed by atoms with E-state index in [0.717, 1.165) is 89.9 Å². The molecule has 3 N–H and O–H groups in total. The molecule has 1 aliphatic rings. The van der Waals surface area contributed by atoms with Gasteiger partial charge in [-0.15, -0.1) is 0 Å². The first-order chi connectivity index (χ1) is 36.6. The third-order valence-corrected chi connectivity index (χ3v) is 14.2. The summed E-state index contributed by atoms with van der Waals surface area (Å²) in [6, 6.07) is 0. The molecule has 1 saturated heterocycles. The van der Waals surface area contributed by atoms with E-state index in [1.807, 2.05) is 0 Å². The lowest BCUT2D eigenvalue weighted by Crippen LogP contribution is -2.61. The molecule has 1 aliphatic heterocycles. The molecule has 75 heavy (non-hydrogen) atoms. The molecular weight excluding hydrogens is 949 g/mol. The lowest BCUT2D eigenvalue weighted by molar-refractivity contribution is -0.301. The number of hydrogen-bond acceptors (Lipinski definition) is 11. The summed E-state index contributed by atoms with van der Waals surface area (Å²) in [5, 5.41) is 31.5. The van der Waals surface area contributed by atoms with Gasteiger partial charge in [0.1, 0.15) is 18.8 Å². The van der Waals surface area contributed by atoms with Crippen LogP contribution in [0, 0.1) is 0 Å². The van der Waals surface area contributed by atoms with E-state index in [0.29, 0.717) is 19.3 Å². The molecular formula is C63H112O12. The molecule has 436 valence electrons. The predicted octanol–water partition coefficient (Wildman–Crippen LogP) is 16.0. The van der Waals surface area contributed by atoms with Gasteiger partial charge in [-0.2, -0.15) is 0 Å². The van der Waals surface area contributed by atoms with E-state index in [-0.39, 0.29) is 25.9 Å². The van der Waals surface area contributed by atoms with Crippen LogP contribution >= 0.6 is 0 Å². The summed E-state index contributed by atoms with van der Waals surface area (Å²) >= 11 is 0. The number of carbonyl (C=O) groups excluding carboxylic acids is 3. The van der Waals surface area contributed by atoms with Crippen LogP contribution in [-0.2, 0) is 42.9 Å². The Balaban J connectivity index is 2.64. The average molecular weight is 1060 g/mol. The van der Waals surface area contributed by atoms with Crippen LogP contribution < -0.4 is 0 Å². The maximum absolute atomic E-state index is 13.1. The molecule has 6 atom stereocenters. The Morgan fingerprint density at radius 1 is 0.440 bits per heavy atom. The zero-order valence-corrected chi connectivity index (χ0v) is 48.1. The van der Waals surface area contributed by atoms with Crippen LogP contribution in [0.1, 0.15) is 290 Å². The smallest absolute Gasteiger partial charge is 0.335 e. The summed E-state index contributed by atoms with van der Waals surface area (Å²) in [4.78, 5) is 51.1. The number of carboxylic acids is 1. The standard InChI is InChI=1S/C63H112O12/c1-4-7-10-13-16-19-22-24-26-27-28-29-31-32-35-37-40-43-46-49-55(64)71-52-54(73-56(65)50-47-44-41-38-34-21-18-15-12-9-6-3)53-72-63-61(59(68)58(67)60(75-63)62(69)70)74-57(66)51-48-45-42-39-36-33-30-25-23-20-17-14-11-8-5-2/h16,19,24,26,28-29,54,58-61,63,67-68H,4-15,17-18,20-23,25,27,30-53H2,1-3H3,(H,69,70)/b19-16-,26-24-,29-28-. The number of carbonyl (C=O) groups is 4. The van der Waals surface area contributed by atoms with Crippen molar-refractivity contribution < 1.29 is 58.2 Å². The lowest BCUT2D eigenvalue weighted by Gasteiger charge is -2.40. The molecule has 0 amide bonds. The number of aliphatic carboxylic acids is 1. The van der Waals surface area contributed by atoms with Gasteiger partial charge in [-0.05, 0) is 57.8 Å². The van der Waals surface area contributed by atoms with Crippen molar-refractivity contribution in [2.45, 2.75) is 327 Å². The summed E-state index contributed by atoms with van der Waals surface area (Å²) in [5.74, 6) is -3.11. The van der Waals surface area contributed by atoms with Crippen LogP contribution in [0.25, 0.3) is 0 Å². The molecule has 0 bridgehead atoms. The third kappa shape index (κ3) is 41.7. The van der Waals surface area contributed by atoms with Gasteiger partial charge in [0, 0.05) is 19.3 Å². The third-order valence-electron chi connectivity index (χ3n) is 14.2.